The molecule has 2 aliphatic rings. The van der Waals surface area contributed by atoms with Gasteiger partial charge in [-0.15, -0.1) is 0 Å². The lowest BCUT2D eigenvalue weighted by molar-refractivity contribution is 1.03. The Morgan fingerprint density at radius 2 is 1.38 bits per heavy atom. The van der Waals surface area contributed by atoms with Gasteiger partial charge in [0.05, 0.1) is 0 Å². The van der Waals surface area contributed by atoms with Gasteiger partial charge in [-0.3, -0.25) is 0 Å². The minimum atomic E-state index is 1.17. The van der Waals surface area contributed by atoms with E-state index in [4.69, 9.17) is 0 Å². The summed E-state index contributed by atoms with van der Waals surface area (Å²) in [7, 11) is 0. The summed E-state index contributed by atoms with van der Waals surface area (Å²) in [4.78, 5) is 0. The van der Waals surface area contributed by atoms with Crippen molar-refractivity contribution in [3.63, 3.8) is 0 Å². The Morgan fingerprint density at radius 3 is 1.69 bits per heavy atom. The standard InChI is InChI=1S/C13H16/c1-10-3-5-12(7-10)9-13-6-4-11(2)8-13/h3-4,7-8H,5-6,9H2,1-2H3. The van der Waals surface area contributed by atoms with E-state index in [0.29, 0.717) is 0 Å². The number of hydrogen-bond acceptors (Lipinski definition) is 0. The molecule has 0 bridgehead atoms. The third-order valence-corrected chi connectivity index (χ3v) is 2.69. The van der Waals surface area contributed by atoms with Crippen LogP contribution >= 0.6 is 0 Å². The van der Waals surface area contributed by atoms with Crippen molar-refractivity contribution in [2.45, 2.75) is 33.1 Å². The lowest BCUT2D eigenvalue weighted by atomic mass is 10.0. The fourth-order valence-electron chi connectivity index (χ4n) is 2.00. The van der Waals surface area contributed by atoms with Gasteiger partial charge in [0.25, 0.3) is 0 Å². The summed E-state index contributed by atoms with van der Waals surface area (Å²) in [5.41, 5.74) is 6.01. The Hall–Kier alpha value is -1.04. The van der Waals surface area contributed by atoms with Crippen LogP contribution in [0.15, 0.2) is 46.6 Å². The molecule has 0 radical (unpaired) electrons. The Bertz CT molecular complexity index is 301. The monoisotopic (exact) mass is 172 g/mol. The van der Waals surface area contributed by atoms with Gasteiger partial charge in [-0.2, -0.15) is 0 Å². The average molecular weight is 172 g/mol. The third-order valence-electron chi connectivity index (χ3n) is 2.69. The first-order valence-electron chi connectivity index (χ1n) is 4.96. The Kier molecular flexibility index (Phi) is 2.22. The zero-order valence-electron chi connectivity index (χ0n) is 8.43. The smallest absolute Gasteiger partial charge is 0.00958 e. The lowest BCUT2D eigenvalue weighted by Gasteiger charge is -2.01. The highest BCUT2D eigenvalue weighted by Crippen LogP contribution is 2.28. The number of hydrogen-bond donors (Lipinski definition) is 0. The second-order valence-corrected chi connectivity index (χ2v) is 4.09. The maximum Gasteiger partial charge on any atom is -0.00958 e. The molecule has 0 atom stereocenters. The first-order valence-corrected chi connectivity index (χ1v) is 4.96. The lowest BCUT2D eigenvalue weighted by Crippen LogP contribution is -1.82. The Balaban J connectivity index is 1.95. The fraction of sp³-hybridized carbons (Fsp3) is 0.385. The van der Waals surface area contributed by atoms with Crippen LogP contribution in [0.2, 0.25) is 0 Å². The molecule has 0 aromatic heterocycles. The summed E-state index contributed by atoms with van der Waals surface area (Å²) in [6.07, 6.45) is 12.8. The minimum Gasteiger partial charge on any atom is -0.0775 e. The van der Waals surface area contributed by atoms with Gasteiger partial charge < -0.3 is 0 Å². The molecule has 0 nitrogen and oxygen atoms in total. The second kappa shape index (κ2) is 3.37. The summed E-state index contributed by atoms with van der Waals surface area (Å²) >= 11 is 0. The van der Waals surface area contributed by atoms with Gasteiger partial charge in [-0.05, 0) is 33.1 Å². The van der Waals surface area contributed by atoms with Crippen LogP contribution in [-0.4, -0.2) is 0 Å². The van der Waals surface area contributed by atoms with E-state index in [9.17, 15) is 0 Å². The maximum atomic E-state index is 2.33. The molecular formula is C13H16. The van der Waals surface area contributed by atoms with Crippen LogP contribution in [0, 0.1) is 0 Å². The van der Waals surface area contributed by atoms with Crippen molar-refractivity contribution < 1.29 is 0 Å². The SMILES string of the molecule is CC1=CCC(CC2=CC(C)=CC2)=C1. The van der Waals surface area contributed by atoms with Crippen molar-refractivity contribution >= 4 is 0 Å². The average Bonchev–Trinajstić information content (AvgIpc) is 2.62. The number of rotatable bonds is 2. The van der Waals surface area contributed by atoms with Crippen LogP contribution in [-0.2, 0) is 0 Å². The molecular weight excluding hydrogens is 156 g/mol. The van der Waals surface area contributed by atoms with E-state index in [-0.39, 0.29) is 0 Å². The molecule has 0 saturated carbocycles. The molecule has 0 spiro atoms. The molecule has 0 N–H and O–H groups in total. The Morgan fingerprint density at radius 1 is 0.923 bits per heavy atom. The molecule has 2 aliphatic carbocycles. The summed E-state index contributed by atoms with van der Waals surface area (Å²) in [6.45, 7) is 4.36. The van der Waals surface area contributed by atoms with Crippen LogP contribution in [0.4, 0.5) is 0 Å². The van der Waals surface area contributed by atoms with E-state index in [1.807, 2.05) is 0 Å². The zero-order valence-corrected chi connectivity index (χ0v) is 8.43. The van der Waals surface area contributed by atoms with Crippen molar-refractivity contribution in [1.82, 2.24) is 0 Å². The quantitative estimate of drug-likeness (QED) is 0.592. The first kappa shape index (κ1) is 8.55. The van der Waals surface area contributed by atoms with Crippen molar-refractivity contribution in [2.75, 3.05) is 0 Å². The molecule has 0 aliphatic heterocycles. The summed E-state index contributed by atoms with van der Waals surface area (Å²) < 4.78 is 0. The summed E-state index contributed by atoms with van der Waals surface area (Å²) in [5, 5.41) is 0. The molecule has 0 saturated heterocycles. The van der Waals surface area contributed by atoms with E-state index < -0.39 is 0 Å². The minimum absolute atomic E-state index is 1.17. The third kappa shape index (κ3) is 2.00. The predicted molar refractivity (Wildman–Crippen MR) is 57.5 cm³/mol. The van der Waals surface area contributed by atoms with Crippen molar-refractivity contribution in [2.24, 2.45) is 0 Å². The van der Waals surface area contributed by atoms with Crippen molar-refractivity contribution in [3.8, 4) is 0 Å². The van der Waals surface area contributed by atoms with Crippen molar-refractivity contribution in [1.29, 1.82) is 0 Å². The largest absolute Gasteiger partial charge is 0.0775 e. The van der Waals surface area contributed by atoms with Crippen LogP contribution in [0.1, 0.15) is 33.1 Å². The summed E-state index contributed by atoms with van der Waals surface area (Å²) in [5.74, 6) is 0. The highest BCUT2D eigenvalue weighted by atomic mass is 14.1. The van der Waals surface area contributed by atoms with Gasteiger partial charge in [-0.25, -0.2) is 0 Å². The molecule has 0 heterocycles. The fourth-order valence-corrected chi connectivity index (χ4v) is 2.00. The topological polar surface area (TPSA) is 0 Å². The van der Waals surface area contributed by atoms with E-state index in [1.54, 1.807) is 11.1 Å². The van der Waals surface area contributed by atoms with Gasteiger partial charge in [0, 0.05) is 0 Å². The van der Waals surface area contributed by atoms with Crippen LogP contribution < -0.4 is 0 Å². The van der Waals surface area contributed by atoms with Gasteiger partial charge in [0.15, 0.2) is 0 Å². The van der Waals surface area contributed by atoms with Gasteiger partial charge in [0.1, 0.15) is 0 Å². The summed E-state index contributed by atoms with van der Waals surface area (Å²) in [6, 6.07) is 0. The Labute approximate surface area is 80.3 Å². The van der Waals surface area contributed by atoms with Gasteiger partial charge in [-0.1, -0.05) is 46.6 Å². The van der Waals surface area contributed by atoms with Crippen LogP contribution in [0.25, 0.3) is 0 Å². The maximum absolute atomic E-state index is 2.33. The molecule has 0 aromatic rings. The van der Waals surface area contributed by atoms with E-state index in [0.717, 1.165) is 0 Å². The van der Waals surface area contributed by atoms with E-state index >= 15 is 0 Å². The second-order valence-electron chi connectivity index (χ2n) is 4.09. The molecule has 0 fully saturated rings. The van der Waals surface area contributed by atoms with Crippen LogP contribution in [0.5, 0.6) is 0 Å². The first-order chi connectivity index (χ1) is 6.24. The molecule has 68 valence electrons. The van der Waals surface area contributed by atoms with Crippen molar-refractivity contribution in [3.05, 3.63) is 46.6 Å². The number of allylic oxidation sites excluding steroid dienone is 8. The van der Waals surface area contributed by atoms with Gasteiger partial charge >= 0.3 is 0 Å². The van der Waals surface area contributed by atoms with E-state index in [2.05, 4.69) is 38.2 Å². The molecule has 0 amide bonds. The predicted octanol–water partition coefficient (Wildman–Crippen LogP) is 3.93. The normalized spacial score (nSPS) is 21.1. The molecule has 0 unspecified atom stereocenters. The van der Waals surface area contributed by atoms with Crippen LogP contribution in [0.3, 0.4) is 0 Å². The highest BCUT2D eigenvalue weighted by Gasteiger charge is 2.08. The molecule has 13 heavy (non-hydrogen) atoms. The van der Waals surface area contributed by atoms with Gasteiger partial charge in [0.2, 0.25) is 0 Å². The molecule has 0 aromatic carbocycles. The zero-order chi connectivity index (χ0) is 9.26. The molecule has 0 heteroatoms. The van der Waals surface area contributed by atoms with E-state index in [1.165, 1.54) is 30.4 Å². The molecule has 2 rings (SSSR count). The highest BCUT2D eigenvalue weighted by molar-refractivity contribution is 5.38.